The molecule has 1 N–H and O–H groups in total. The van der Waals surface area contributed by atoms with Crippen LogP contribution in [0.25, 0.3) is 0 Å². The van der Waals surface area contributed by atoms with Crippen LogP contribution in [0.5, 0.6) is 0 Å². The van der Waals surface area contributed by atoms with E-state index < -0.39 is 0 Å². The number of rotatable bonds is 5. The lowest BCUT2D eigenvalue weighted by molar-refractivity contribution is -0.119. The van der Waals surface area contributed by atoms with Crippen molar-refractivity contribution in [2.75, 3.05) is 11.5 Å². The van der Waals surface area contributed by atoms with E-state index in [9.17, 15) is 4.79 Å². The average molecular weight is 269 g/mol. The minimum Gasteiger partial charge on any atom is -0.349 e. The minimum atomic E-state index is -0.0797. The highest BCUT2D eigenvalue weighted by molar-refractivity contribution is 8.00. The summed E-state index contributed by atoms with van der Waals surface area (Å²) in [7, 11) is 0. The molecule has 17 heavy (non-hydrogen) atoms. The van der Waals surface area contributed by atoms with Crippen LogP contribution in [0.15, 0.2) is 24.3 Å². The molecule has 0 aliphatic carbocycles. The molecule has 0 unspecified atom stereocenters. The van der Waals surface area contributed by atoms with Crippen LogP contribution >= 0.6 is 23.4 Å². The maximum atomic E-state index is 11.5. The van der Waals surface area contributed by atoms with Crippen LogP contribution in [-0.4, -0.2) is 17.4 Å². The molecule has 0 saturated carbocycles. The van der Waals surface area contributed by atoms with Crippen LogP contribution in [0.3, 0.4) is 0 Å². The summed E-state index contributed by atoms with van der Waals surface area (Å²) in [5.41, 5.74) is 0.969. The van der Waals surface area contributed by atoms with E-state index in [1.807, 2.05) is 31.2 Å². The zero-order valence-electron chi connectivity index (χ0n) is 9.44. The van der Waals surface area contributed by atoms with Gasteiger partial charge in [0.2, 0.25) is 5.91 Å². The number of hydrogen-bond acceptors (Lipinski definition) is 3. The Balaban J connectivity index is 2.46. The Morgan fingerprint density at radius 2 is 2.41 bits per heavy atom. The maximum absolute atomic E-state index is 11.5. The first-order valence-corrected chi connectivity index (χ1v) is 6.66. The molecular weight excluding hydrogens is 256 g/mol. The topological polar surface area (TPSA) is 52.9 Å². The second kappa shape index (κ2) is 7.21. The van der Waals surface area contributed by atoms with Gasteiger partial charge in [-0.15, -0.1) is 11.8 Å². The monoisotopic (exact) mass is 268 g/mol. The molecule has 0 aromatic heterocycles. The molecule has 0 heterocycles. The number of benzene rings is 1. The van der Waals surface area contributed by atoms with E-state index >= 15 is 0 Å². The fourth-order valence-corrected chi connectivity index (χ4v) is 1.99. The Labute approximate surface area is 110 Å². The predicted molar refractivity (Wildman–Crippen MR) is 70.9 cm³/mol. The van der Waals surface area contributed by atoms with Crippen molar-refractivity contribution in [3.05, 3.63) is 34.9 Å². The Morgan fingerprint density at radius 3 is 3.06 bits per heavy atom. The molecule has 0 spiro atoms. The fraction of sp³-hybridized carbons (Fsp3) is 0.333. The van der Waals surface area contributed by atoms with E-state index in [4.69, 9.17) is 16.9 Å². The first kappa shape index (κ1) is 13.9. The second-order valence-electron chi connectivity index (χ2n) is 3.50. The standard InChI is InChI=1S/C12H13ClN2OS/c1-9(10-3-2-4-11(13)7-10)15-12(16)8-17-6-5-14/h2-4,7,9H,6,8H2,1H3,(H,15,16)/t9-/m0/s1. The van der Waals surface area contributed by atoms with E-state index in [0.717, 1.165) is 5.56 Å². The molecule has 0 saturated heterocycles. The molecule has 1 aromatic rings. The van der Waals surface area contributed by atoms with Crippen LogP contribution in [0.4, 0.5) is 0 Å². The normalized spacial score (nSPS) is 11.6. The van der Waals surface area contributed by atoms with Gasteiger partial charge in [0.25, 0.3) is 0 Å². The zero-order chi connectivity index (χ0) is 12.7. The van der Waals surface area contributed by atoms with E-state index in [1.165, 1.54) is 11.8 Å². The van der Waals surface area contributed by atoms with Crippen LogP contribution < -0.4 is 5.32 Å². The summed E-state index contributed by atoms with van der Waals surface area (Å²) in [5.74, 6) is 0.565. The highest BCUT2D eigenvalue weighted by atomic mass is 35.5. The maximum Gasteiger partial charge on any atom is 0.230 e. The number of hydrogen-bond donors (Lipinski definition) is 1. The largest absolute Gasteiger partial charge is 0.349 e. The number of thioether (sulfide) groups is 1. The van der Waals surface area contributed by atoms with Crippen molar-refractivity contribution in [2.45, 2.75) is 13.0 Å². The highest BCUT2D eigenvalue weighted by Crippen LogP contribution is 2.17. The van der Waals surface area contributed by atoms with Gasteiger partial charge in [0, 0.05) is 5.02 Å². The number of amides is 1. The van der Waals surface area contributed by atoms with Crippen LogP contribution in [0, 0.1) is 11.3 Å². The van der Waals surface area contributed by atoms with Crippen LogP contribution in [0.2, 0.25) is 5.02 Å². The number of carbonyl (C=O) groups is 1. The van der Waals surface area contributed by atoms with Gasteiger partial charge in [-0.1, -0.05) is 23.7 Å². The lowest BCUT2D eigenvalue weighted by atomic mass is 10.1. The Hall–Kier alpha value is -1.18. The molecule has 1 rings (SSSR count). The van der Waals surface area contributed by atoms with Crippen molar-refractivity contribution in [1.29, 1.82) is 5.26 Å². The minimum absolute atomic E-state index is 0.0716. The summed E-state index contributed by atoms with van der Waals surface area (Å²) in [4.78, 5) is 11.5. The molecule has 5 heteroatoms. The number of halogens is 1. The smallest absolute Gasteiger partial charge is 0.230 e. The number of nitrogens with one attached hydrogen (secondary N) is 1. The van der Waals surface area contributed by atoms with Crippen molar-refractivity contribution >= 4 is 29.3 Å². The molecule has 1 amide bonds. The Bertz CT molecular complexity index is 431. The van der Waals surface area contributed by atoms with Gasteiger partial charge in [-0.3, -0.25) is 4.79 Å². The van der Waals surface area contributed by atoms with Gasteiger partial charge in [-0.05, 0) is 24.6 Å². The van der Waals surface area contributed by atoms with E-state index in [0.29, 0.717) is 16.5 Å². The third-order valence-corrected chi connectivity index (χ3v) is 3.16. The van der Waals surface area contributed by atoms with E-state index in [2.05, 4.69) is 5.32 Å². The van der Waals surface area contributed by atoms with Gasteiger partial charge >= 0.3 is 0 Å². The van der Waals surface area contributed by atoms with Gasteiger partial charge in [0.15, 0.2) is 0 Å². The van der Waals surface area contributed by atoms with Gasteiger partial charge < -0.3 is 5.32 Å². The van der Waals surface area contributed by atoms with Crippen molar-refractivity contribution in [1.82, 2.24) is 5.32 Å². The molecule has 0 aliphatic rings. The van der Waals surface area contributed by atoms with Gasteiger partial charge in [0.1, 0.15) is 0 Å². The third kappa shape index (κ3) is 5.12. The molecule has 0 bridgehead atoms. The van der Waals surface area contributed by atoms with Crippen molar-refractivity contribution in [3.63, 3.8) is 0 Å². The summed E-state index contributed by atoms with van der Waals surface area (Å²) in [5, 5.41) is 11.9. The first-order valence-electron chi connectivity index (χ1n) is 5.13. The van der Waals surface area contributed by atoms with E-state index in [1.54, 1.807) is 6.07 Å². The molecule has 1 atom stereocenters. The molecular formula is C12H13ClN2OS. The zero-order valence-corrected chi connectivity index (χ0v) is 11.0. The summed E-state index contributed by atoms with van der Waals surface area (Å²) in [6.07, 6.45) is 0. The number of carbonyl (C=O) groups excluding carboxylic acids is 1. The van der Waals surface area contributed by atoms with Gasteiger partial charge in [0.05, 0.1) is 23.6 Å². The summed E-state index contributed by atoms with van der Waals surface area (Å²) >= 11 is 7.18. The van der Waals surface area contributed by atoms with Crippen LogP contribution in [0.1, 0.15) is 18.5 Å². The predicted octanol–water partition coefficient (Wildman–Crippen LogP) is 2.77. The van der Waals surface area contributed by atoms with Crippen molar-refractivity contribution in [2.24, 2.45) is 0 Å². The second-order valence-corrected chi connectivity index (χ2v) is 4.92. The number of nitriles is 1. The average Bonchev–Trinajstić information content (AvgIpc) is 2.29. The van der Waals surface area contributed by atoms with Gasteiger partial charge in [-0.25, -0.2) is 0 Å². The van der Waals surface area contributed by atoms with Crippen molar-refractivity contribution in [3.8, 4) is 6.07 Å². The summed E-state index contributed by atoms with van der Waals surface area (Å²) in [6.45, 7) is 1.90. The summed E-state index contributed by atoms with van der Waals surface area (Å²) < 4.78 is 0. The lowest BCUT2D eigenvalue weighted by Crippen LogP contribution is -2.28. The van der Waals surface area contributed by atoms with Crippen LogP contribution in [-0.2, 0) is 4.79 Å². The molecule has 1 aromatic carbocycles. The lowest BCUT2D eigenvalue weighted by Gasteiger charge is -2.14. The van der Waals surface area contributed by atoms with E-state index in [-0.39, 0.29) is 11.9 Å². The highest BCUT2D eigenvalue weighted by Gasteiger charge is 2.09. The van der Waals surface area contributed by atoms with Crippen molar-refractivity contribution < 1.29 is 4.79 Å². The SMILES string of the molecule is C[C@H](NC(=O)CSCC#N)c1cccc(Cl)c1. The molecule has 90 valence electrons. The molecule has 0 fully saturated rings. The summed E-state index contributed by atoms with van der Waals surface area (Å²) in [6, 6.07) is 9.29. The third-order valence-electron chi connectivity index (χ3n) is 2.13. The molecule has 0 radical (unpaired) electrons. The Morgan fingerprint density at radius 1 is 1.65 bits per heavy atom. The fourth-order valence-electron chi connectivity index (χ4n) is 1.33. The van der Waals surface area contributed by atoms with Gasteiger partial charge in [-0.2, -0.15) is 5.26 Å². The Kier molecular flexibility index (Phi) is 5.88. The molecule has 0 aliphatic heterocycles. The first-order chi connectivity index (χ1) is 8.13. The molecule has 3 nitrogen and oxygen atoms in total. The number of nitrogens with zero attached hydrogens (tertiary/aromatic N) is 1. The quantitative estimate of drug-likeness (QED) is 0.836.